The number of benzene rings is 2. The van der Waals surface area contributed by atoms with Gasteiger partial charge in [0.2, 0.25) is 0 Å². The molecular weight excluding hydrogens is 282 g/mol. The monoisotopic (exact) mass is 294 g/mol. The molecule has 0 radical (unpaired) electrons. The summed E-state index contributed by atoms with van der Waals surface area (Å²) in [5.74, 6) is -0.486. The molecule has 0 aliphatic rings. The Kier molecular flexibility index (Phi) is 4.07. The van der Waals surface area contributed by atoms with Crippen LogP contribution in [-0.4, -0.2) is 11.1 Å². The van der Waals surface area contributed by atoms with Crippen molar-refractivity contribution in [2.24, 2.45) is 0 Å². The maximum Gasteiger partial charge on any atom is 0.426 e. The second-order valence-corrected chi connectivity index (χ2v) is 4.23. The van der Waals surface area contributed by atoms with Crippen LogP contribution in [0, 0.1) is 0 Å². The first-order valence-corrected chi connectivity index (χ1v) is 6.01. The second-order valence-electron chi connectivity index (χ2n) is 4.23. The predicted molar refractivity (Wildman–Crippen MR) is 70.4 cm³/mol. The summed E-state index contributed by atoms with van der Waals surface area (Å²) in [6.07, 6.45) is -3.55. The quantitative estimate of drug-likeness (QED) is 0.693. The van der Waals surface area contributed by atoms with Crippen LogP contribution in [0.5, 0.6) is 17.2 Å². The molecule has 0 aromatic heterocycles. The van der Waals surface area contributed by atoms with E-state index in [2.05, 4.69) is 4.74 Å². The Balaban J connectivity index is 2.14. The molecule has 0 saturated carbocycles. The van der Waals surface area contributed by atoms with Crippen molar-refractivity contribution >= 4 is 5.97 Å². The van der Waals surface area contributed by atoms with E-state index in [0.717, 1.165) is 12.1 Å². The Morgan fingerprint density at radius 2 is 1.52 bits per heavy atom. The molecule has 0 unspecified atom stereocenters. The van der Waals surface area contributed by atoms with Gasteiger partial charge in [-0.25, -0.2) is 0 Å². The normalized spacial score (nSPS) is 11.0. The van der Waals surface area contributed by atoms with Crippen molar-refractivity contribution in [1.29, 1.82) is 0 Å². The number of ether oxygens (including phenoxy) is 2. The smallest absolute Gasteiger partial charge is 0.426 e. The lowest BCUT2D eigenvalue weighted by Gasteiger charge is -2.18. The summed E-state index contributed by atoms with van der Waals surface area (Å²) in [6, 6.07) is 9.68. The lowest BCUT2D eigenvalue weighted by molar-refractivity contribution is -0.185. The van der Waals surface area contributed by atoms with Crippen LogP contribution in [-0.2, 0) is 10.9 Å². The molecule has 6 heteroatoms. The van der Waals surface area contributed by atoms with Gasteiger partial charge in [-0.3, -0.25) is 4.79 Å². The average Bonchev–Trinajstić information content (AvgIpc) is 2.41. The fraction of sp³-hybridized carbons (Fsp3) is 0.133. The lowest BCUT2D eigenvalue weighted by atomic mass is 10.2. The van der Waals surface area contributed by atoms with E-state index >= 15 is 0 Å². The Labute approximate surface area is 119 Å². The van der Waals surface area contributed by atoms with Gasteiger partial charge in [-0.15, -0.1) is 0 Å². The van der Waals surface area contributed by atoms with Gasteiger partial charge in [0.1, 0.15) is 17.2 Å². The molecule has 110 valence electrons. The third-order valence-corrected chi connectivity index (χ3v) is 2.53. The summed E-state index contributed by atoms with van der Waals surface area (Å²) >= 11 is 0. The number of alkyl halides is 2. The highest BCUT2D eigenvalue weighted by Crippen LogP contribution is 2.32. The molecule has 0 atom stereocenters. The molecule has 1 N–H and O–H groups in total. The number of carbonyl (C=O) groups excluding carboxylic acids is 1. The molecule has 2 aromatic carbocycles. The van der Waals surface area contributed by atoms with E-state index in [4.69, 9.17) is 9.84 Å². The zero-order valence-corrected chi connectivity index (χ0v) is 11.0. The minimum Gasteiger partial charge on any atom is -0.508 e. The van der Waals surface area contributed by atoms with Gasteiger partial charge in [-0.05, 0) is 48.5 Å². The first-order valence-electron chi connectivity index (χ1n) is 6.01. The van der Waals surface area contributed by atoms with Crippen molar-refractivity contribution in [3.05, 3.63) is 54.1 Å². The Morgan fingerprint density at radius 3 is 2.05 bits per heavy atom. The molecular formula is C15H12F2O4. The van der Waals surface area contributed by atoms with Crippen molar-refractivity contribution in [1.82, 2.24) is 0 Å². The summed E-state index contributed by atoms with van der Waals surface area (Å²) in [4.78, 5) is 10.7. The summed E-state index contributed by atoms with van der Waals surface area (Å²) in [7, 11) is 0. The molecule has 2 aromatic rings. The van der Waals surface area contributed by atoms with Crippen LogP contribution >= 0.6 is 0 Å². The van der Waals surface area contributed by atoms with Gasteiger partial charge in [-0.2, -0.15) is 8.78 Å². The van der Waals surface area contributed by atoms with E-state index in [-0.39, 0.29) is 22.8 Å². The number of hydrogen-bond acceptors (Lipinski definition) is 4. The second kappa shape index (κ2) is 5.78. The third kappa shape index (κ3) is 3.92. The molecule has 0 heterocycles. The first-order chi connectivity index (χ1) is 9.87. The van der Waals surface area contributed by atoms with Crippen LogP contribution < -0.4 is 9.47 Å². The van der Waals surface area contributed by atoms with Gasteiger partial charge in [0.15, 0.2) is 0 Å². The highest BCUT2D eigenvalue weighted by molar-refractivity contribution is 5.69. The molecule has 0 amide bonds. The maximum atomic E-state index is 13.9. The Morgan fingerprint density at radius 1 is 1.00 bits per heavy atom. The number of carbonyl (C=O) groups is 1. The maximum absolute atomic E-state index is 13.9. The van der Waals surface area contributed by atoms with Gasteiger partial charge in [0.05, 0.1) is 5.56 Å². The minimum atomic E-state index is -3.55. The molecule has 0 bridgehead atoms. The average molecular weight is 294 g/mol. The molecule has 0 fully saturated rings. The molecule has 0 saturated heterocycles. The number of aromatic hydroxyl groups is 1. The summed E-state index contributed by atoms with van der Waals surface area (Å²) in [6.45, 7) is 1.22. The van der Waals surface area contributed by atoms with E-state index in [0.29, 0.717) is 0 Å². The first kappa shape index (κ1) is 14.8. The molecule has 21 heavy (non-hydrogen) atoms. The fourth-order valence-corrected chi connectivity index (χ4v) is 1.60. The summed E-state index contributed by atoms with van der Waals surface area (Å²) < 4.78 is 37.3. The molecule has 0 spiro atoms. The number of rotatable bonds is 4. The number of hydrogen-bond donors (Lipinski definition) is 1. The van der Waals surface area contributed by atoms with Crippen LogP contribution in [0.4, 0.5) is 8.78 Å². The lowest BCUT2D eigenvalue weighted by Crippen LogP contribution is -2.21. The fourth-order valence-electron chi connectivity index (χ4n) is 1.60. The largest absolute Gasteiger partial charge is 0.508 e. The van der Waals surface area contributed by atoms with E-state index in [9.17, 15) is 13.6 Å². The number of esters is 1. The SMILES string of the molecule is CC(=O)Oc1ccc(C(F)(F)Oc2ccc(O)cc2)cc1. The van der Waals surface area contributed by atoms with Crippen molar-refractivity contribution in [2.75, 3.05) is 0 Å². The van der Waals surface area contributed by atoms with Gasteiger partial charge >= 0.3 is 12.1 Å². The third-order valence-electron chi connectivity index (χ3n) is 2.53. The van der Waals surface area contributed by atoms with Gasteiger partial charge < -0.3 is 14.6 Å². The van der Waals surface area contributed by atoms with E-state index in [1.807, 2.05) is 0 Å². The number of phenolic OH excluding ortho intramolecular Hbond substituents is 1. The van der Waals surface area contributed by atoms with Gasteiger partial charge in [0.25, 0.3) is 0 Å². The van der Waals surface area contributed by atoms with Gasteiger partial charge in [-0.1, -0.05) is 0 Å². The Bertz CT molecular complexity index is 621. The molecule has 4 nitrogen and oxygen atoms in total. The molecule has 2 rings (SSSR count). The standard InChI is InChI=1S/C15H12F2O4/c1-10(18)20-13-6-2-11(3-7-13)15(16,17)21-14-8-4-12(19)5-9-14/h2-9,19H,1H3. The topological polar surface area (TPSA) is 55.8 Å². The molecule has 0 aliphatic heterocycles. The zero-order chi connectivity index (χ0) is 15.5. The molecule has 0 aliphatic carbocycles. The van der Waals surface area contributed by atoms with Crippen LogP contribution in [0.2, 0.25) is 0 Å². The van der Waals surface area contributed by atoms with Gasteiger partial charge in [0, 0.05) is 6.92 Å². The zero-order valence-electron chi connectivity index (χ0n) is 11.0. The van der Waals surface area contributed by atoms with Crippen LogP contribution in [0.3, 0.4) is 0 Å². The van der Waals surface area contributed by atoms with Crippen molar-refractivity contribution in [3.63, 3.8) is 0 Å². The van der Waals surface area contributed by atoms with Crippen LogP contribution in [0.1, 0.15) is 12.5 Å². The Hall–Kier alpha value is -2.63. The highest BCUT2D eigenvalue weighted by atomic mass is 19.3. The van der Waals surface area contributed by atoms with E-state index in [1.165, 1.54) is 43.3 Å². The van der Waals surface area contributed by atoms with Crippen molar-refractivity contribution in [2.45, 2.75) is 13.0 Å². The van der Waals surface area contributed by atoms with Crippen molar-refractivity contribution in [3.8, 4) is 17.2 Å². The summed E-state index contributed by atoms with van der Waals surface area (Å²) in [5, 5.41) is 9.09. The minimum absolute atomic E-state index is 0.0450. The number of phenols is 1. The number of halogens is 2. The van der Waals surface area contributed by atoms with Crippen LogP contribution in [0.15, 0.2) is 48.5 Å². The summed E-state index contributed by atoms with van der Waals surface area (Å²) in [5.41, 5.74) is -0.383. The van der Waals surface area contributed by atoms with E-state index in [1.54, 1.807) is 0 Å². The van der Waals surface area contributed by atoms with Crippen molar-refractivity contribution < 1.29 is 28.2 Å². The van der Waals surface area contributed by atoms with Crippen LogP contribution in [0.25, 0.3) is 0 Å². The predicted octanol–water partition coefficient (Wildman–Crippen LogP) is 3.45. The highest BCUT2D eigenvalue weighted by Gasteiger charge is 2.34. The van der Waals surface area contributed by atoms with E-state index < -0.39 is 12.1 Å².